The van der Waals surface area contributed by atoms with Gasteiger partial charge in [0.25, 0.3) is 6.73 Å². The van der Waals surface area contributed by atoms with E-state index < -0.39 is 6.09 Å². The van der Waals surface area contributed by atoms with Crippen molar-refractivity contribution in [1.82, 2.24) is 4.90 Å². The lowest BCUT2D eigenvalue weighted by molar-refractivity contribution is -0.727. The Morgan fingerprint density at radius 1 is 1.40 bits per heavy atom. The van der Waals surface area contributed by atoms with Crippen molar-refractivity contribution in [2.45, 2.75) is 19.6 Å². The van der Waals surface area contributed by atoms with Gasteiger partial charge in [0.2, 0.25) is 6.20 Å². The average Bonchev–Trinajstić information content (AvgIpc) is 3.20. The number of esters is 1. The van der Waals surface area contributed by atoms with Crippen LogP contribution in [0.25, 0.3) is 0 Å². The van der Waals surface area contributed by atoms with Gasteiger partial charge in [-0.2, -0.15) is 4.57 Å². The largest absolute Gasteiger partial charge is 1.00 e. The molecule has 0 radical (unpaired) electrons. The fourth-order valence-corrected chi connectivity index (χ4v) is 1.41. The highest BCUT2D eigenvalue weighted by atomic mass is 35.5. The summed E-state index contributed by atoms with van der Waals surface area (Å²) in [4.78, 5) is 24.1. The number of pyridine rings is 1. The quantitative estimate of drug-likeness (QED) is 0.474. The maximum Gasteiger partial charge on any atom is 0.414 e. The van der Waals surface area contributed by atoms with Gasteiger partial charge in [-0.1, -0.05) is 0 Å². The van der Waals surface area contributed by atoms with Gasteiger partial charge in [-0.3, -0.25) is 4.79 Å². The first kappa shape index (κ1) is 16.2. The van der Waals surface area contributed by atoms with Crippen molar-refractivity contribution in [2.75, 3.05) is 14.1 Å². The summed E-state index contributed by atoms with van der Waals surface area (Å²) < 4.78 is 11.9. The van der Waals surface area contributed by atoms with Crippen molar-refractivity contribution in [2.24, 2.45) is 5.92 Å². The van der Waals surface area contributed by atoms with E-state index in [0.717, 1.165) is 12.8 Å². The zero-order valence-corrected chi connectivity index (χ0v) is 12.2. The van der Waals surface area contributed by atoms with E-state index in [1.165, 1.54) is 4.90 Å². The van der Waals surface area contributed by atoms with Crippen LogP contribution in [-0.2, 0) is 16.3 Å². The maximum atomic E-state index is 11.4. The van der Waals surface area contributed by atoms with Crippen molar-refractivity contribution in [3.05, 3.63) is 24.5 Å². The number of carbonyl (C=O) groups is 2. The number of hydrogen-bond donors (Lipinski definition) is 0. The van der Waals surface area contributed by atoms with E-state index in [2.05, 4.69) is 0 Å². The molecule has 1 aromatic heterocycles. The number of nitrogens with zero attached hydrogens (tertiary/aromatic N) is 2. The van der Waals surface area contributed by atoms with Gasteiger partial charge in [0.05, 0.1) is 5.92 Å². The molecule has 0 bridgehead atoms. The standard InChI is InChI=1S/C13H17N2O4.ClH/c1-14(2)13(17)19-11-4-3-7-15(8-11)9-18-12(16)10-5-6-10;/h3-4,7-8,10H,5-6,9H2,1-2H3;1H/q+1;/p-1. The lowest BCUT2D eigenvalue weighted by atomic mass is 10.4. The maximum absolute atomic E-state index is 11.4. The molecule has 1 aliphatic carbocycles. The highest BCUT2D eigenvalue weighted by Crippen LogP contribution is 2.29. The molecule has 0 unspecified atom stereocenters. The van der Waals surface area contributed by atoms with Gasteiger partial charge < -0.3 is 26.8 Å². The van der Waals surface area contributed by atoms with E-state index in [4.69, 9.17) is 9.47 Å². The summed E-state index contributed by atoms with van der Waals surface area (Å²) in [5.74, 6) is 0.321. The summed E-state index contributed by atoms with van der Waals surface area (Å²) in [6.45, 7) is 0.128. The van der Waals surface area contributed by atoms with Crippen LogP contribution in [0.3, 0.4) is 0 Å². The van der Waals surface area contributed by atoms with Gasteiger partial charge in [0.15, 0.2) is 11.9 Å². The van der Waals surface area contributed by atoms with Crippen LogP contribution < -0.4 is 21.7 Å². The third-order valence-electron chi connectivity index (χ3n) is 2.67. The third-order valence-corrected chi connectivity index (χ3v) is 2.67. The molecule has 1 heterocycles. The van der Waals surface area contributed by atoms with Crippen LogP contribution in [0.15, 0.2) is 24.5 Å². The van der Waals surface area contributed by atoms with Crippen molar-refractivity contribution in [3.8, 4) is 5.75 Å². The number of hydrogen-bond acceptors (Lipinski definition) is 4. The Hall–Kier alpha value is -1.82. The molecule has 0 spiro atoms. The van der Waals surface area contributed by atoms with Crippen LogP contribution >= 0.6 is 0 Å². The van der Waals surface area contributed by atoms with Crippen molar-refractivity contribution in [3.63, 3.8) is 0 Å². The second kappa shape index (κ2) is 7.09. The molecule has 1 aromatic rings. The van der Waals surface area contributed by atoms with Gasteiger partial charge in [-0.25, -0.2) is 4.79 Å². The number of carbonyl (C=O) groups excluding carboxylic acids is 2. The van der Waals surface area contributed by atoms with Crippen molar-refractivity contribution < 1.29 is 36.0 Å². The summed E-state index contributed by atoms with van der Waals surface area (Å²) in [5.41, 5.74) is 0. The molecule has 0 aromatic carbocycles. The number of halogens is 1. The van der Waals surface area contributed by atoms with Gasteiger partial charge in [-0.05, 0) is 18.9 Å². The minimum atomic E-state index is -0.451. The fraction of sp³-hybridized carbons (Fsp3) is 0.462. The monoisotopic (exact) mass is 300 g/mol. The molecule has 7 heteroatoms. The van der Waals surface area contributed by atoms with Crippen LogP contribution in [0.5, 0.6) is 5.75 Å². The predicted octanol–water partition coefficient (Wildman–Crippen LogP) is -2.05. The van der Waals surface area contributed by atoms with E-state index in [1.54, 1.807) is 43.2 Å². The zero-order chi connectivity index (χ0) is 13.8. The van der Waals surface area contributed by atoms with E-state index in [-0.39, 0.29) is 31.0 Å². The highest BCUT2D eigenvalue weighted by molar-refractivity contribution is 5.74. The van der Waals surface area contributed by atoms with Gasteiger partial charge in [0, 0.05) is 20.2 Å². The number of aromatic nitrogens is 1. The van der Waals surface area contributed by atoms with Crippen LogP contribution in [-0.4, -0.2) is 31.1 Å². The van der Waals surface area contributed by atoms with Gasteiger partial charge in [0.1, 0.15) is 0 Å². The normalized spacial score (nSPS) is 13.1. The first-order valence-electron chi connectivity index (χ1n) is 6.11. The van der Waals surface area contributed by atoms with Crippen LogP contribution in [0.1, 0.15) is 12.8 Å². The van der Waals surface area contributed by atoms with Crippen LogP contribution in [0.4, 0.5) is 4.79 Å². The Morgan fingerprint density at radius 3 is 2.70 bits per heavy atom. The number of ether oxygens (including phenoxy) is 2. The lowest BCUT2D eigenvalue weighted by Gasteiger charge is -2.09. The van der Waals surface area contributed by atoms with Crippen molar-refractivity contribution in [1.29, 1.82) is 0 Å². The summed E-state index contributed by atoms with van der Waals surface area (Å²) >= 11 is 0. The Bertz CT molecular complexity index is 489. The molecule has 0 N–H and O–H groups in total. The Balaban J connectivity index is 0.00000200. The van der Waals surface area contributed by atoms with E-state index >= 15 is 0 Å². The lowest BCUT2D eigenvalue weighted by Crippen LogP contribution is -3.00. The number of amides is 1. The molecule has 1 fully saturated rings. The molecule has 110 valence electrons. The molecular formula is C13H17ClN2O4. The number of rotatable bonds is 4. The molecule has 0 saturated heterocycles. The first-order chi connectivity index (χ1) is 9.06. The molecule has 2 rings (SSSR count). The SMILES string of the molecule is CN(C)C(=O)Oc1ccc[n+](COC(=O)C2CC2)c1.[Cl-]. The van der Waals surface area contributed by atoms with Crippen LogP contribution in [0.2, 0.25) is 0 Å². The third kappa shape index (κ3) is 4.70. The molecule has 1 amide bonds. The predicted molar refractivity (Wildman–Crippen MR) is 65.2 cm³/mol. The summed E-state index contributed by atoms with van der Waals surface area (Å²) in [6, 6.07) is 3.39. The molecule has 0 atom stereocenters. The minimum absolute atomic E-state index is 0. The molecule has 1 aliphatic rings. The minimum Gasteiger partial charge on any atom is -1.00 e. The Kier molecular flexibility index (Phi) is 5.76. The average molecular weight is 301 g/mol. The Morgan fingerprint density at radius 2 is 2.10 bits per heavy atom. The molecule has 0 aliphatic heterocycles. The summed E-state index contributed by atoms with van der Waals surface area (Å²) in [5, 5.41) is 0. The highest BCUT2D eigenvalue weighted by Gasteiger charge is 2.31. The van der Waals surface area contributed by atoms with E-state index in [9.17, 15) is 9.59 Å². The second-order valence-corrected chi connectivity index (χ2v) is 4.68. The zero-order valence-electron chi connectivity index (χ0n) is 11.4. The van der Waals surface area contributed by atoms with Gasteiger partial charge in [-0.15, -0.1) is 0 Å². The molecule has 20 heavy (non-hydrogen) atoms. The summed E-state index contributed by atoms with van der Waals surface area (Å²) in [6.07, 6.45) is 4.75. The topological polar surface area (TPSA) is 59.7 Å². The Labute approximate surface area is 123 Å². The van der Waals surface area contributed by atoms with Crippen molar-refractivity contribution >= 4 is 12.1 Å². The summed E-state index contributed by atoms with van der Waals surface area (Å²) in [7, 11) is 3.22. The van der Waals surface area contributed by atoms with Crippen LogP contribution in [0, 0.1) is 5.92 Å². The molecule has 1 saturated carbocycles. The molecular weight excluding hydrogens is 284 g/mol. The van der Waals surface area contributed by atoms with Gasteiger partial charge >= 0.3 is 12.1 Å². The van der Waals surface area contributed by atoms with E-state index in [1.807, 2.05) is 0 Å². The molecule has 6 nitrogen and oxygen atoms in total. The van der Waals surface area contributed by atoms with E-state index in [0.29, 0.717) is 5.75 Å². The second-order valence-electron chi connectivity index (χ2n) is 4.68. The smallest absolute Gasteiger partial charge is 0.414 e. The fourth-order valence-electron chi connectivity index (χ4n) is 1.41. The first-order valence-corrected chi connectivity index (χ1v) is 6.11.